The van der Waals surface area contributed by atoms with Crippen molar-refractivity contribution in [3.63, 3.8) is 0 Å². The topological polar surface area (TPSA) is 52.3 Å². The quantitative estimate of drug-likeness (QED) is 0.424. The van der Waals surface area contributed by atoms with Crippen LogP contribution in [0.3, 0.4) is 0 Å². The van der Waals surface area contributed by atoms with Gasteiger partial charge in [0.1, 0.15) is 13.2 Å². The van der Waals surface area contributed by atoms with E-state index < -0.39 is 5.91 Å². The number of amides is 1. The van der Waals surface area contributed by atoms with Crippen LogP contribution in [-0.4, -0.2) is 51.3 Å². The molecule has 0 spiro atoms. The van der Waals surface area contributed by atoms with Crippen LogP contribution >= 0.6 is 0 Å². The highest BCUT2D eigenvalue weighted by Crippen LogP contribution is 1.88. The lowest BCUT2D eigenvalue weighted by Crippen LogP contribution is -2.38. The van der Waals surface area contributed by atoms with Crippen LogP contribution in [0.2, 0.25) is 0 Å². The first-order valence-electron chi connectivity index (χ1n) is 3.58. The number of ether oxygens (including phenoxy) is 1. The first-order chi connectivity index (χ1) is 4.92. The largest absolute Gasteiger partial charge is 0.368 e. The summed E-state index contributed by atoms with van der Waals surface area (Å²) in [4.78, 5) is 10.2. The van der Waals surface area contributed by atoms with Crippen molar-refractivity contribution in [3.05, 3.63) is 0 Å². The number of quaternary nitrogens is 1. The maximum Gasteiger partial charge on any atom is 0.243 e. The van der Waals surface area contributed by atoms with Gasteiger partial charge >= 0.3 is 0 Å². The maximum absolute atomic E-state index is 10.2. The summed E-state index contributed by atoms with van der Waals surface area (Å²) in [6.45, 7) is 1.49. The Bertz CT molecular complexity index is 129. The zero-order valence-corrected chi connectivity index (χ0v) is 7.46. The summed E-state index contributed by atoms with van der Waals surface area (Å²) in [5.41, 5.74) is 4.87. The van der Waals surface area contributed by atoms with Gasteiger partial charge in [-0.05, 0) is 0 Å². The van der Waals surface area contributed by atoms with Crippen molar-refractivity contribution in [2.45, 2.75) is 0 Å². The molecule has 0 aliphatic carbocycles. The van der Waals surface area contributed by atoms with E-state index >= 15 is 0 Å². The number of hydrogen-bond acceptors (Lipinski definition) is 2. The average Bonchev–Trinajstić information content (AvgIpc) is 1.78. The minimum Gasteiger partial charge on any atom is -0.368 e. The highest BCUT2D eigenvalue weighted by molar-refractivity contribution is 5.74. The molecule has 11 heavy (non-hydrogen) atoms. The third kappa shape index (κ3) is 9.39. The number of carbonyl (C=O) groups is 1. The molecule has 1 amide bonds. The van der Waals surface area contributed by atoms with Gasteiger partial charge in [0.2, 0.25) is 5.91 Å². The molecule has 0 aromatic heterocycles. The van der Waals surface area contributed by atoms with Gasteiger partial charge in [-0.15, -0.1) is 0 Å². The molecule has 0 saturated heterocycles. The fourth-order valence-electron chi connectivity index (χ4n) is 0.511. The second kappa shape index (κ2) is 4.31. The van der Waals surface area contributed by atoms with Gasteiger partial charge in [-0.2, -0.15) is 0 Å². The van der Waals surface area contributed by atoms with E-state index in [9.17, 15) is 4.79 Å². The van der Waals surface area contributed by atoms with Crippen LogP contribution in [0.4, 0.5) is 0 Å². The van der Waals surface area contributed by atoms with E-state index in [0.717, 1.165) is 11.0 Å². The average molecular weight is 161 g/mol. The van der Waals surface area contributed by atoms with Crippen LogP contribution in [0.15, 0.2) is 0 Å². The lowest BCUT2D eigenvalue weighted by atomic mass is 10.5. The standard InChI is InChI=1S/C7H16N2O2/c1-9(2,3)4-5-11-6-7(8)10/h4-6H2,1-3H3,(H-,8,10)/p+1. The number of hydrogen-bond donors (Lipinski definition) is 1. The summed E-state index contributed by atoms with van der Waals surface area (Å²) in [6, 6.07) is 0. The number of rotatable bonds is 5. The molecule has 0 aromatic carbocycles. The van der Waals surface area contributed by atoms with Crippen molar-refractivity contribution < 1.29 is 14.0 Å². The Kier molecular flexibility index (Phi) is 4.07. The van der Waals surface area contributed by atoms with E-state index in [-0.39, 0.29) is 6.61 Å². The van der Waals surface area contributed by atoms with E-state index in [1.165, 1.54) is 0 Å². The smallest absolute Gasteiger partial charge is 0.243 e. The third-order valence-corrected chi connectivity index (χ3v) is 1.15. The first kappa shape index (κ1) is 10.4. The van der Waals surface area contributed by atoms with Crippen molar-refractivity contribution in [2.75, 3.05) is 40.9 Å². The summed E-state index contributed by atoms with van der Waals surface area (Å²) in [6.07, 6.45) is 0. The molecule has 0 heterocycles. The SMILES string of the molecule is C[N+](C)(C)CCOCC(N)=O. The summed E-state index contributed by atoms with van der Waals surface area (Å²) in [7, 11) is 6.19. The number of carbonyl (C=O) groups excluding carboxylic acids is 1. The molecule has 4 nitrogen and oxygen atoms in total. The number of primary amides is 1. The Morgan fingerprint density at radius 1 is 1.45 bits per heavy atom. The molecular weight excluding hydrogens is 144 g/mol. The fraction of sp³-hybridized carbons (Fsp3) is 0.857. The predicted molar refractivity (Wildman–Crippen MR) is 42.9 cm³/mol. The molecule has 0 rings (SSSR count). The molecule has 0 fully saturated rings. The van der Waals surface area contributed by atoms with Crippen molar-refractivity contribution in [1.82, 2.24) is 0 Å². The van der Waals surface area contributed by atoms with Gasteiger partial charge in [-0.25, -0.2) is 0 Å². The predicted octanol–water partition coefficient (Wildman–Crippen LogP) is -0.805. The van der Waals surface area contributed by atoms with Gasteiger partial charge in [0, 0.05) is 0 Å². The van der Waals surface area contributed by atoms with Crippen LogP contribution in [-0.2, 0) is 9.53 Å². The number of nitrogens with zero attached hydrogens (tertiary/aromatic N) is 1. The van der Waals surface area contributed by atoms with E-state index in [2.05, 4.69) is 21.1 Å². The summed E-state index contributed by atoms with van der Waals surface area (Å²) < 4.78 is 5.81. The highest BCUT2D eigenvalue weighted by atomic mass is 16.5. The van der Waals surface area contributed by atoms with Gasteiger partial charge in [-0.3, -0.25) is 4.79 Å². The number of nitrogens with two attached hydrogens (primary N) is 1. The maximum atomic E-state index is 10.2. The molecule has 0 bridgehead atoms. The van der Waals surface area contributed by atoms with E-state index in [1.54, 1.807) is 0 Å². The molecule has 0 aliphatic heterocycles. The third-order valence-electron chi connectivity index (χ3n) is 1.15. The lowest BCUT2D eigenvalue weighted by Gasteiger charge is -2.23. The second-order valence-corrected chi connectivity index (χ2v) is 3.53. The zero-order chi connectivity index (χ0) is 8.91. The minimum atomic E-state index is -0.411. The van der Waals surface area contributed by atoms with Gasteiger partial charge in [0.05, 0.1) is 27.7 Å². The minimum absolute atomic E-state index is 0.0278. The van der Waals surface area contributed by atoms with Gasteiger partial charge in [-0.1, -0.05) is 0 Å². The Labute approximate surface area is 67.5 Å². The molecule has 4 heteroatoms. The Morgan fingerprint density at radius 2 is 2.00 bits per heavy atom. The Morgan fingerprint density at radius 3 is 2.36 bits per heavy atom. The normalized spacial score (nSPS) is 11.5. The van der Waals surface area contributed by atoms with Crippen LogP contribution in [0.25, 0.3) is 0 Å². The van der Waals surface area contributed by atoms with Crippen LogP contribution in [0, 0.1) is 0 Å². The lowest BCUT2D eigenvalue weighted by molar-refractivity contribution is -0.870. The fourth-order valence-corrected chi connectivity index (χ4v) is 0.511. The van der Waals surface area contributed by atoms with Gasteiger partial charge in [0.25, 0.3) is 0 Å². The van der Waals surface area contributed by atoms with Crippen LogP contribution < -0.4 is 5.73 Å². The molecule has 0 saturated carbocycles. The highest BCUT2D eigenvalue weighted by Gasteiger charge is 2.05. The van der Waals surface area contributed by atoms with Crippen molar-refractivity contribution >= 4 is 5.91 Å². The Balaban J connectivity index is 3.22. The molecule has 2 N–H and O–H groups in total. The molecule has 0 unspecified atom stereocenters. The Hall–Kier alpha value is -0.610. The monoisotopic (exact) mass is 161 g/mol. The van der Waals surface area contributed by atoms with Crippen LogP contribution in [0.1, 0.15) is 0 Å². The second-order valence-electron chi connectivity index (χ2n) is 3.53. The summed E-state index contributed by atoms with van der Waals surface area (Å²) in [5, 5.41) is 0. The summed E-state index contributed by atoms with van der Waals surface area (Å²) in [5.74, 6) is -0.411. The molecular formula is C7H17N2O2+. The van der Waals surface area contributed by atoms with E-state index in [1.807, 2.05) is 0 Å². The van der Waals surface area contributed by atoms with Gasteiger partial charge < -0.3 is 15.0 Å². The molecule has 0 radical (unpaired) electrons. The van der Waals surface area contributed by atoms with Crippen LogP contribution in [0.5, 0.6) is 0 Å². The zero-order valence-electron chi connectivity index (χ0n) is 7.46. The summed E-state index contributed by atoms with van der Waals surface area (Å²) >= 11 is 0. The molecule has 0 aromatic rings. The molecule has 66 valence electrons. The van der Waals surface area contributed by atoms with Gasteiger partial charge in [0.15, 0.2) is 0 Å². The van der Waals surface area contributed by atoms with Crippen molar-refractivity contribution in [2.24, 2.45) is 5.73 Å². The van der Waals surface area contributed by atoms with Crippen molar-refractivity contribution in [1.29, 1.82) is 0 Å². The molecule has 0 atom stereocenters. The number of likely N-dealkylation sites (N-methyl/N-ethyl adjacent to an activating group) is 1. The molecule has 0 aliphatic rings. The first-order valence-corrected chi connectivity index (χ1v) is 3.58. The van der Waals surface area contributed by atoms with E-state index in [0.29, 0.717) is 6.61 Å². The van der Waals surface area contributed by atoms with Crippen molar-refractivity contribution in [3.8, 4) is 0 Å². The van der Waals surface area contributed by atoms with E-state index in [4.69, 9.17) is 10.5 Å².